The van der Waals surface area contributed by atoms with E-state index in [0.29, 0.717) is 5.92 Å². The molecule has 0 spiro atoms. The summed E-state index contributed by atoms with van der Waals surface area (Å²) >= 11 is 0. The molecule has 3 aliphatic carbocycles. The van der Waals surface area contributed by atoms with Gasteiger partial charge in [-0.25, -0.2) is 0 Å². The second kappa shape index (κ2) is 5.95. The fraction of sp³-hybridized carbons (Fsp3) is 1.00. The Morgan fingerprint density at radius 2 is 1.75 bits per heavy atom. The van der Waals surface area contributed by atoms with Crippen molar-refractivity contribution in [3.8, 4) is 0 Å². The first kappa shape index (κ1) is 18.0. The molecule has 4 nitrogen and oxygen atoms in total. The molecule has 3 unspecified atom stereocenters. The Morgan fingerprint density at radius 1 is 1.20 bits per heavy atom. The van der Waals surface area contributed by atoms with Crippen molar-refractivity contribution in [3.63, 3.8) is 0 Å². The molecule has 0 aromatic carbocycles. The zero-order valence-corrected chi connectivity index (χ0v) is 13.6. The summed E-state index contributed by atoms with van der Waals surface area (Å²) in [5, 5.41) is 37.3. The van der Waals surface area contributed by atoms with Gasteiger partial charge in [-0.2, -0.15) is 0 Å². The van der Waals surface area contributed by atoms with Crippen molar-refractivity contribution in [2.24, 2.45) is 11.3 Å². The van der Waals surface area contributed by atoms with Gasteiger partial charge in [0.05, 0.1) is 11.2 Å². The van der Waals surface area contributed by atoms with Crippen LogP contribution in [-0.2, 0) is 0 Å². The highest BCUT2D eigenvalue weighted by molar-refractivity contribution is 6.42. The van der Waals surface area contributed by atoms with E-state index in [1.165, 1.54) is 0 Å². The van der Waals surface area contributed by atoms with Gasteiger partial charge in [0.2, 0.25) is 0 Å². The lowest BCUT2D eigenvalue weighted by Gasteiger charge is -2.68. The molecule has 0 aromatic rings. The summed E-state index contributed by atoms with van der Waals surface area (Å²) in [6, 6.07) is 0. The van der Waals surface area contributed by atoms with Crippen molar-refractivity contribution in [3.05, 3.63) is 0 Å². The van der Waals surface area contributed by atoms with E-state index >= 15 is 0 Å². The van der Waals surface area contributed by atoms with E-state index in [0.717, 1.165) is 32.1 Å². The average molecular weight is 286 g/mol. The fourth-order valence-electron chi connectivity index (χ4n) is 3.72. The third kappa shape index (κ3) is 2.91. The van der Waals surface area contributed by atoms with Crippen LogP contribution in [0.25, 0.3) is 0 Å². The zero-order valence-electron chi connectivity index (χ0n) is 13.6. The smallest absolute Gasteiger partial charge is 0.427 e. The van der Waals surface area contributed by atoms with E-state index in [1.807, 2.05) is 13.8 Å². The van der Waals surface area contributed by atoms with Gasteiger partial charge in [0, 0.05) is 0 Å². The van der Waals surface area contributed by atoms with Gasteiger partial charge in [-0.05, 0) is 43.3 Å². The van der Waals surface area contributed by atoms with Gasteiger partial charge >= 0.3 is 7.12 Å². The fourth-order valence-corrected chi connectivity index (χ4v) is 3.72. The Labute approximate surface area is 123 Å². The Morgan fingerprint density at radius 3 is 2.00 bits per heavy atom. The lowest BCUT2D eigenvalue weighted by molar-refractivity contribution is -0.312. The van der Waals surface area contributed by atoms with Crippen LogP contribution in [0.4, 0.5) is 0 Å². The summed E-state index contributed by atoms with van der Waals surface area (Å²) in [4.78, 5) is 0. The van der Waals surface area contributed by atoms with Crippen LogP contribution in [0.3, 0.4) is 0 Å². The number of aliphatic hydroxyl groups is 2. The highest BCUT2D eigenvalue weighted by atomic mass is 16.4. The predicted molar refractivity (Wildman–Crippen MR) is 81.2 cm³/mol. The first-order valence-electron chi connectivity index (χ1n) is 7.80. The molecule has 0 amide bonds. The standard InChI is InChI=1S/C10H18O2.C5H13BO2/c1-8(2)7-4-5-9(3,11)10(8,12)6-7;1-3-4-5(2)6(7)8/h7,11-12H,4-6H2,1-3H3;5,7-8H,3-4H2,1-2H3/t;5-/m.0/s1. The molecule has 5 heteroatoms. The SMILES string of the molecule is CC1(O)CCC2CC1(O)C2(C)C.CCC[C@H](C)B(O)O. The molecule has 3 saturated carbocycles. The molecule has 20 heavy (non-hydrogen) atoms. The highest BCUT2D eigenvalue weighted by Crippen LogP contribution is 2.65. The number of rotatable bonds is 3. The lowest BCUT2D eigenvalue weighted by Crippen LogP contribution is -2.74. The molecule has 3 rings (SSSR count). The predicted octanol–water partition coefficient (Wildman–Crippen LogP) is 1.96. The van der Waals surface area contributed by atoms with Gasteiger partial charge in [-0.1, -0.05) is 40.5 Å². The topological polar surface area (TPSA) is 80.9 Å². The van der Waals surface area contributed by atoms with E-state index in [4.69, 9.17) is 10.0 Å². The first-order chi connectivity index (χ1) is 8.99. The van der Waals surface area contributed by atoms with Gasteiger partial charge in [-0.15, -0.1) is 0 Å². The van der Waals surface area contributed by atoms with Crippen molar-refractivity contribution in [2.75, 3.05) is 0 Å². The molecule has 0 heterocycles. The normalized spacial score (nSPS) is 39.1. The molecule has 0 saturated heterocycles. The van der Waals surface area contributed by atoms with Crippen LogP contribution in [-0.4, -0.2) is 38.6 Å². The molecule has 3 aliphatic rings. The third-order valence-electron chi connectivity index (χ3n) is 5.75. The van der Waals surface area contributed by atoms with E-state index in [1.54, 1.807) is 6.92 Å². The molecule has 118 valence electrons. The number of fused-ring (bicyclic) bond motifs is 2. The average Bonchev–Trinajstić information content (AvgIpc) is 2.33. The second-order valence-electron chi connectivity index (χ2n) is 7.48. The minimum Gasteiger partial charge on any atom is -0.427 e. The van der Waals surface area contributed by atoms with E-state index in [2.05, 4.69) is 13.8 Å². The van der Waals surface area contributed by atoms with Gasteiger partial charge < -0.3 is 20.3 Å². The van der Waals surface area contributed by atoms with E-state index < -0.39 is 18.3 Å². The molecule has 0 radical (unpaired) electrons. The molecular formula is C15H31BO4. The van der Waals surface area contributed by atoms with Gasteiger partial charge in [0.25, 0.3) is 0 Å². The number of hydrogen-bond donors (Lipinski definition) is 4. The zero-order chi connectivity index (χ0) is 15.8. The molecule has 0 aromatic heterocycles. The van der Waals surface area contributed by atoms with Crippen LogP contribution in [0, 0.1) is 11.3 Å². The molecule has 4 N–H and O–H groups in total. The minimum absolute atomic E-state index is 0.0278. The maximum Gasteiger partial charge on any atom is 0.454 e. The van der Waals surface area contributed by atoms with Gasteiger partial charge in [-0.3, -0.25) is 0 Å². The Balaban J connectivity index is 0.000000221. The second-order valence-corrected chi connectivity index (χ2v) is 7.48. The maximum absolute atomic E-state index is 10.2. The molecule has 0 aliphatic heterocycles. The van der Waals surface area contributed by atoms with Crippen LogP contribution >= 0.6 is 0 Å². The van der Waals surface area contributed by atoms with Crippen molar-refractivity contribution < 1.29 is 20.3 Å². The Bertz CT molecular complexity index is 320. The van der Waals surface area contributed by atoms with Crippen LogP contribution in [0.2, 0.25) is 5.82 Å². The quantitative estimate of drug-likeness (QED) is 0.598. The van der Waals surface area contributed by atoms with Crippen LogP contribution in [0.15, 0.2) is 0 Å². The van der Waals surface area contributed by atoms with Gasteiger partial charge in [0.15, 0.2) is 0 Å². The highest BCUT2D eigenvalue weighted by Gasteiger charge is 2.69. The maximum atomic E-state index is 10.2. The van der Waals surface area contributed by atoms with Crippen molar-refractivity contribution >= 4 is 7.12 Å². The van der Waals surface area contributed by atoms with Crippen LogP contribution in [0.5, 0.6) is 0 Å². The third-order valence-corrected chi connectivity index (χ3v) is 5.75. The summed E-state index contributed by atoms with van der Waals surface area (Å²) < 4.78 is 0. The lowest BCUT2D eigenvalue weighted by atomic mass is 9.41. The Kier molecular flexibility index (Phi) is 5.35. The summed E-state index contributed by atoms with van der Waals surface area (Å²) in [6.07, 6.45) is 4.49. The monoisotopic (exact) mass is 286 g/mol. The first-order valence-corrected chi connectivity index (χ1v) is 7.80. The van der Waals surface area contributed by atoms with Crippen LogP contribution < -0.4 is 0 Å². The molecular weight excluding hydrogens is 255 g/mol. The van der Waals surface area contributed by atoms with Crippen molar-refractivity contribution in [1.29, 1.82) is 0 Å². The van der Waals surface area contributed by atoms with E-state index in [-0.39, 0.29) is 11.2 Å². The number of hydrogen-bond acceptors (Lipinski definition) is 4. The van der Waals surface area contributed by atoms with Crippen molar-refractivity contribution in [2.45, 2.75) is 83.7 Å². The molecule has 2 bridgehead atoms. The summed E-state index contributed by atoms with van der Waals surface area (Å²) in [5.74, 6) is 0.641. The van der Waals surface area contributed by atoms with Gasteiger partial charge in [0.1, 0.15) is 0 Å². The summed E-state index contributed by atoms with van der Waals surface area (Å²) in [6.45, 7) is 9.75. The Hall–Kier alpha value is -0.0951. The minimum atomic E-state index is -1.13. The van der Waals surface area contributed by atoms with E-state index in [9.17, 15) is 10.2 Å². The van der Waals surface area contributed by atoms with Crippen LogP contribution in [0.1, 0.15) is 66.7 Å². The summed E-state index contributed by atoms with van der Waals surface area (Å²) in [7, 11) is -1.13. The molecule has 3 fully saturated rings. The summed E-state index contributed by atoms with van der Waals surface area (Å²) in [5.41, 5.74) is -1.79. The van der Waals surface area contributed by atoms with Crippen molar-refractivity contribution in [1.82, 2.24) is 0 Å². The molecule has 4 atom stereocenters. The largest absolute Gasteiger partial charge is 0.454 e.